The largest absolute Gasteiger partial charge is 0.396 e. The Balaban J connectivity index is 3.10. The average Bonchev–Trinajstić information content (AvgIpc) is 2.38. The standard InChI is InChI=1S/C14H27N5O/c1-7-14(4,8-9-20)18-12-15-11(10(2)3)16-13(17-12)19(5)6/h10,20H,7-9H2,1-6H3,(H,15,16,17,18). The number of nitrogens with zero attached hydrogens (tertiary/aromatic N) is 4. The maximum atomic E-state index is 9.20. The third-order valence-corrected chi connectivity index (χ3v) is 3.41. The number of anilines is 2. The van der Waals surface area contributed by atoms with Gasteiger partial charge in [-0.15, -0.1) is 0 Å². The summed E-state index contributed by atoms with van der Waals surface area (Å²) in [4.78, 5) is 15.2. The fraction of sp³-hybridized carbons (Fsp3) is 0.786. The Morgan fingerprint density at radius 2 is 1.90 bits per heavy atom. The van der Waals surface area contributed by atoms with Gasteiger partial charge in [-0.05, 0) is 19.8 Å². The Hall–Kier alpha value is -1.43. The van der Waals surface area contributed by atoms with Gasteiger partial charge in [0.1, 0.15) is 5.82 Å². The van der Waals surface area contributed by atoms with E-state index in [-0.39, 0.29) is 18.1 Å². The molecule has 20 heavy (non-hydrogen) atoms. The third-order valence-electron chi connectivity index (χ3n) is 3.41. The van der Waals surface area contributed by atoms with Gasteiger partial charge in [-0.25, -0.2) is 0 Å². The topological polar surface area (TPSA) is 74.2 Å². The summed E-state index contributed by atoms with van der Waals surface area (Å²) >= 11 is 0. The smallest absolute Gasteiger partial charge is 0.229 e. The maximum absolute atomic E-state index is 9.20. The maximum Gasteiger partial charge on any atom is 0.229 e. The Kier molecular flexibility index (Phi) is 5.68. The van der Waals surface area contributed by atoms with Crippen LogP contribution in [0.2, 0.25) is 0 Å². The minimum Gasteiger partial charge on any atom is -0.396 e. The molecule has 1 heterocycles. The fourth-order valence-corrected chi connectivity index (χ4v) is 1.74. The summed E-state index contributed by atoms with van der Waals surface area (Å²) in [5, 5.41) is 12.5. The molecule has 0 saturated carbocycles. The van der Waals surface area contributed by atoms with Crippen molar-refractivity contribution in [1.82, 2.24) is 15.0 Å². The van der Waals surface area contributed by atoms with Crippen LogP contribution < -0.4 is 10.2 Å². The van der Waals surface area contributed by atoms with Gasteiger partial charge in [-0.1, -0.05) is 20.8 Å². The molecular weight excluding hydrogens is 254 g/mol. The number of aromatic nitrogens is 3. The molecule has 0 aliphatic carbocycles. The minimum atomic E-state index is -0.214. The highest BCUT2D eigenvalue weighted by atomic mass is 16.3. The SMILES string of the molecule is CCC(C)(CCO)Nc1nc(C(C)C)nc(N(C)C)n1. The van der Waals surface area contributed by atoms with E-state index in [4.69, 9.17) is 0 Å². The van der Waals surface area contributed by atoms with Gasteiger partial charge in [-0.3, -0.25) is 0 Å². The van der Waals surface area contributed by atoms with Gasteiger partial charge < -0.3 is 15.3 Å². The van der Waals surface area contributed by atoms with Gasteiger partial charge in [0.2, 0.25) is 11.9 Å². The molecule has 2 N–H and O–H groups in total. The first-order valence-electron chi connectivity index (χ1n) is 7.13. The molecule has 1 atom stereocenters. The molecular formula is C14H27N5O. The minimum absolute atomic E-state index is 0.139. The second kappa shape index (κ2) is 6.83. The molecule has 0 fully saturated rings. The predicted octanol–water partition coefficient (Wildman–Crippen LogP) is 2.02. The van der Waals surface area contributed by atoms with Crippen molar-refractivity contribution in [3.05, 3.63) is 5.82 Å². The number of rotatable bonds is 7. The molecule has 0 aromatic carbocycles. The van der Waals surface area contributed by atoms with Gasteiger partial charge >= 0.3 is 0 Å². The van der Waals surface area contributed by atoms with Crippen molar-refractivity contribution in [3.63, 3.8) is 0 Å². The first-order valence-corrected chi connectivity index (χ1v) is 7.13. The van der Waals surface area contributed by atoms with Gasteiger partial charge in [0.05, 0.1) is 0 Å². The summed E-state index contributed by atoms with van der Waals surface area (Å²) in [6.45, 7) is 8.41. The van der Waals surface area contributed by atoms with Crippen LogP contribution >= 0.6 is 0 Å². The van der Waals surface area contributed by atoms with Crippen molar-refractivity contribution in [3.8, 4) is 0 Å². The Labute approximate surface area is 121 Å². The summed E-state index contributed by atoms with van der Waals surface area (Å²) in [5.41, 5.74) is -0.214. The zero-order chi connectivity index (χ0) is 15.3. The van der Waals surface area contributed by atoms with Crippen LogP contribution in [0.1, 0.15) is 52.3 Å². The molecule has 1 rings (SSSR count). The van der Waals surface area contributed by atoms with Gasteiger partial charge in [0, 0.05) is 32.2 Å². The van der Waals surface area contributed by atoms with E-state index in [0.717, 1.165) is 12.2 Å². The Bertz CT molecular complexity index is 409. The zero-order valence-electron chi connectivity index (χ0n) is 13.4. The number of hydrogen-bond acceptors (Lipinski definition) is 6. The molecule has 0 saturated heterocycles. The van der Waals surface area contributed by atoms with E-state index in [2.05, 4.69) is 48.0 Å². The molecule has 1 aromatic rings. The quantitative estimate of drug-likeness (QED) is 0.796. The lowest BCUT2D eigenvalue weighted by Gasteiger charge is -2.29. The molecule has 0 aliphatic rings. The molecule has 0 spiro atoms. The van der Waals surface area contributed by atoms with E-state index >= 15 is 0 Å². The lowest BCUT2D eigenvalue weighted by molar-refractivity contribution is 0.251. The van der Waals surface area contributed by atoms with Crippen LogP contribution in [0.3, 0.4) is 0 Å². The molecule has 6 nitrogen and oxygen atoms in total. The molecule has 0 bridgehead atoms. The molecule has 0 radical (unpaired) electrons. The summed E-state index contributed by atoms with van der Waals surface area (Å²) < 4.78 is 0. The highest BCUT2D eigenvalue weighted by Gasteiger charge is 2.23. The molecule has 0 amide bonds. The van der Waals surface area contributed by atoms with E-state index in [1.807, 2.05) is 19.0 Å². The van der Waals surface area contributed by atoms with Crippen molar-refractivity contribution in [2.24, 2.45) is 0 Å². The number of aliphatic hydroxyl groups is 1. The molecule has 1 unspecified atom stereocenters. The summed E-state index contributed by atoms with van der Waals surface area (Å²) in [5.74, 6) is 2.23. The van der Waals surface area contributed by atoms with E-state index in [1.54, 1.807) is 0 Å². The lowest BCUT2D eigenvalue weighted by atomic mass is 9.95. The van der Waals surface area contributed by atoms with Crippen molar-refractivity contribution >= 4 is 11.9 Å². The second-order valence-corrected chi connectivity index (χ2v) is 5.88. The van der Waals surface area contributed by atoms with E-state index in [9.17, 15) is 5.11 Å². The van der Waals surface area contributed by atoms with Gasteiger partial charge in [0.15, 0.2) is 0 Å². The third kappa shape index (κ3) is 4.30. The van der Waals surface area contributed by atoms with Gasteiger partial charge in [-0.2, -0.15) is 15.0 Å². The van der Waals surface area contributed by atoms with E-state index < -0.39 is 0 Å². The zero-order valence-corrected chi connectivity index (χ0v) is 13.4. The van der Waals surface area contributed by atoms with E-state index in [0.29, 0.717) is 18.3 Å². The van der Waals surface area contributed by atoms with Crippen LogP contribution in [-0.2, 0) is 0 Å². The van der Waals surface area contributed by atoms with E-state index in [1.165, 1.54) is 0 Å². The number of hydrogen-bond donors (Lipinski definition) is 2. The van der Waals surface area contributed by atoms with Crippen LogP contribution in [0.4, 0.5) is 11.9 Å². The Morgan fingerprint density at radius 3 is 2.35 bits per heavy atom. The van der Waals surface area contributed by atoms with Crippen LogP contribution in [0, 0.1) is 0 Å². The Morgan fingerprint density at radius 1 is 1.25 bits per heavy atom. The first-order chi connectivity index (χ1) is 9.31. The molecule has 1 aromatic heterocycles. The lowest BCUT2D eigenvalue weighted by Crippen LogP contribution is -2.36. The summed E-state index contributed by atoms with van der Waals surface area (Å²) in [6.07, 6.45) is 1.54. The van der Waals surface area contributed by atoms with Crippen molar-refractivity contribution < 1.29 is 5.11 Å². The first kappa shape index (κ1) is 16.6. The van der Waals surface area contributed by atoms with Gasteiger partial charge in [0.25, 0.3) is 0 Å². The average molecular weight is 281 g/mol. The molecule has 0 aliphatic heterocycles. The van der Waals surface area contributed by atoms with Crippen LogP contribution in [0.25, 0.3) is 0 Å². The highest BCUT2D eigenvalue weighted by molar-refractivity contribution is 5.38. The predicted molar refractivity (Wildman–Crippen MR) is 82.3 cm³/mol. The summed E-state index contributed by atoms with van der Waals surface area (Å²) in [7, 11) is 3.83. The van der Waals surface area contributed by atoms with Crippen molar-refractivity contribution in [2.75, 3.05) is 30.9 Å². The van der Waals surface area contributed by atoms with Crippen molar-refractivity contribution in [1.29, 1.82) is 0 Å². The fourth-order valence-electron chi connectivity index (χ4n) is 1.74. The van der Waals surface area contributed by atoms with Crippen LogP contribution in [0.5, 0.6) is 0 Å². The second-order valence-electron chi connectivity index (χ2n) is 5.88. The molecule has 6 heteroatoms. The highest BCUT2D eigenvalue weighted by Crippen LogP contribution is 2.22. The molecule has 114 valence electrons. The normalized spacial score (nSPS) is 14.2. The number of nitrogens with one attached hydrogen (secondary N) is 1. The monoisotopic (exact) mass is 281 g/mol. The summed E-state index contributed by atoms with van der Waals surface area (Å²) in [6, 6.07) is 0. The van der Waals surface area contributed by atoms with Crippen LogP contribution in [-0.4, -0.2) is 46.3 Å². The van der Waals surface area contributed by atoms with Crippen LogP contribution in [0.15, 0.2) is 0 Å². The van der Waals surface area contributed by atoms with Crippen molar-refractivity contribution in [2.45, 2.75) is 52.0 Å². The number of aliphatic hydroxyl groups excluding tert-OH is 1.